The molecule has 0 aromatic carbocycles. The molecule has 0 saturated carbocycles. The van der Waals surface area contributed by atoms with Crippen LogP contribution in [0.1, 0.15) is 0 Å². The fourth-order valence-corrected chi connectivity index (χ4v) is 0. The van der Waals surface area contributed by atoms with Crippen LogP contribution in [0.15, 0.2) is 0 Å². The molecule has 0 aliphatic rings. The minimum atomic E-state index is -6.00. The largest absolute Gasteiger partial charge is 0.673 e. The van der Waals surface area contributed by atoms with E-state index in [0.29, 0.717) is 0 Å². The number of hydrogen-bond acceptors (Lipinski definition) is 1. The maximum Gasteiger partial charge on any atom is 0.673 e. The van der Waals surface area contributed by atoms with Gasteiger partial charge in [0.25, 0.3) is 0 Å². The maximum absolute atomic E-state index is 9.75. The highest BCUT2D eigenvalue weighted by molar-refractivity contribution is 6.50. The molecular weight excluding hydrogens is 141 g/mol. The summed E-state index contributed by atoms with van der Waals surface area (Å²) in [7, 11) is -6.00. The van der Waals surface area contributed by atoms with Gasteiger partial charge in [-0.2, -0.15) is 0 Å². The number of guanidine groups is 1. The fourth-order valence-electron chi connectivity index (χ4n) is 0. The van der Waals surface area contributed by atoms with Gasteiger partial charge in [0, 0.05) is 0 Å². The standard InChI is InChI=1S/CH5N3.BF4/c2-1(3)4;2-1(3,4)5/h(H5,2,3,4);/q;-1. The van der Waals surface area contributed by atoms with Gasteiger partial charge in [0.1, 0.15) is 0 Å². The first-order valence-electron chi connectivity index (χ1n) is 1.70. The molecule has 0 bridgehead atoms. The molecular formula is CH5BF4N3-. The summed E-state index contributed by atoms with van der Waals surface area (Å²) in [6.45, 7) is 0. The first-order chi connectivity index (χ1) is 3.73. The molecule has 0 heterocycles. The van der Waals surface area contributed by atoms with Crippen LogP contribution >= 0.6 is 0 Å². The van der Waals surface area contributed by atoms with Crippen LogP contribution in [0, 0.1) is 5.41 Å². The number of hydrogen-bond donors (Lipinski definition) is 3. The van der Waals surface area contributed by atoms with E-state index in [-0.39, 0.29) is 5.96 Å². The van der Waals surface area contributed by atoms with E-state index in [1.165, 1.54) is 0 Å². The van der Waals surface area contributed by atoms with E-state index in [9.17, 15) is 17.3 Å². The fraction of sp³-hybridized carbons (Fsp3) is 0. The van der Waals surface area contributed by atoms with Crippen LogP contribution in [0.3, 0.4) is 0 Å². The summed E-state index contributed by atoms with van der Waals surface area (Å²) in [5.74, 6) is -0.333. The van der Waals surface area contributed by atoms with Crippen molar-refractivity contribution >= 4 is 13.2 Å². The molecule has 0 radical (unpaired) electrons. The predicted molar refractivity (Wildman–Crippen MR) is 26.3 cm³/mol. The molecule has 5 N–H and O–H groups in total. The smallest absolute Gasteiger partial charge is 0.418 e. The van der Waals surface area contributed by atoms with Gasteiger partial charge in [0.15, 0.2) is 5.96 Å². The van der Waals surface area contributed by atoms with Gasteiger partial charge >= 0.3 is 7.25 Å². The summed E-state index contributed by atoms with van der Waals surface area (Å²) in [5, 5.41) is 6.06. The number of nitrogens with two attached hydrogens (primary N) is 2. The van der Waals surface area contributed by atoms with Crippen molar-refractivity contribution < 1.29 is 17.3 Å². The average Bonchev–Trinajstić information content (AvgIpc) is 1.19. The van der Waals surface area contributed by atoms with E-state index in [1.807, 2.05) is 0 Å². The van der Waals surface area contributed by atoms with Crippen LogP contribution in [-0.2, 0) is 0 Å². The van der Waals surface area contributed by atoms with Gasteiger partial charge in [-0.3, -0.25) is 5.41 Å². The molecule has 8 heteroatoms. The SMILES string of the molecule is F[B-](F)(F)F.N=C(N)N. The Bertz CT molecular complexity index is 78.3. The van der Waals surface area contributed by atoms with E-state index >= 15 is 0 Å². The normalized spacial score (nSPS) is 9.33. The lowest BCUT2D eigenvalue weighted by Gasteiger charge is -1.94. The van der Waals surface area contributed by atoms with Crippen molar-refractivity contribution in [1.29, 1.82) is 5.41 Å². The van der Waals surface area contributed by atoms with Crippen molar-refractivity contribution in [3.05, 3.63) is 0 Å². The quantitative estimate of drug-likeness (QED) is 0.196. The molecule has 9 heavy (non-hydrogen) atoms. The molecule has 0 aromatic rings. The predicted octanol–water partition coefficient (Wildman–Crippen LogP) is 0.139. The number of nitrogens with one attached hydrogen (secondary N) is 1. The Balaban J connectivity index is 0. The third-order valence-electron chi connectivity index (χ3n) is 0. The molecule has 0 atom stereocenters. The van der Waals surface area contributed by atoms with E-state index in [2.05, 4.69) is 11.5 Å². The second kappa shape index (κ2) is 3.99. The van der Waals surface area contributed by atoms with Crippen molar-refractivity contribution in [3.8, 4) is 0 Å². The van der Waals surface area contributed by atoms with Gasteiger partial charge in [-0.05, 0) is 0 Å². The highest BCUT2D eigenvalue weighted by atomic mass is 19.5. The lowest BCUT2D eigenvalue weighted by atomic mass is 10.3. The number of rotatable bonds is 0. The summed E-state index contributed by atoms with van der Waals surface area (Å²) in [5.41, 5.74) is 8.94. The molecule has 0 amide bonds. The van der Waals surface area contributed by atoms with Crippen LogP contribution < -0.4 is 11.5 Å². The van der Waals surface area contributed by atoms with Crippen molar-refractivity contribution in [1.82, 2.24) is 0 Å². The lowest BCUT2D eigenvalue weighted by molar-refractivity contribution is 0.368. The van der Waals surface area contributed by atoms with E-state index in [0.717, 1.165) is 0 Å². The van der Waals surface area contributed by atoms with Gasteiger partial charge < -0.3 is 28.7 Å². The van der Waals surface area contributed by atoms with Gasteiger partial charge in [0.05, 0.1) is 0 Å². The third kappa shape index (κ3) is 202. The van der Waals surface area contributed by atoms with Crippen LogP contribution in [-0.4, -0.2) is 13.2 Å². The summed E-state index contributed by atoms with van der Waals surface area (Å²) >= 11 is 0. The zero-order chi connectivity index (χ0) is 8.08. The molecule has 0 aromatic heterocycles. The minimum absolute atomic E-state index is 0.333. The van der Waals surface area contributed by atoms with Crippen molar-refractivity contribution in [3.63, 3.8) is 0 Å². The maximum atomic E-state index is 9.75. The van der Waals surface area contributed by atoms with Crippen molar-refractivity contribution in [2.24, 2.45) is 11.5 Å². The molecule has 0 aliphatic carbocycles. The summed E-state index contributed by atoms with van der Waals surface area (Å²) in [4.78, 5) is 0. The van der Waals surface area contributed by atoms with Crippen LogP contribution in [0.5, 0.6) is 0 Å². The molecule has 0 saturated heterocycles. The first kappa shape index (κ1) is 10.9. The topological polar surface area (TPSA) is 75.9 Å². The second-order valence-corrected chi connectivity index (χ2v) is 0.950. The zero-order valence-corrected chi connectivity index (χ0v) is 4.24. The third-order valence-corrected chi connectivity index (χ3v) is 0. The monoisotopic (exact) mass is 146 g/mol. The Hall–Kier alpha value is -0.945. The molecule has 0 spiro atoms. The Morgan fingerprint density at radius 2 is 1.11 bits per heavy atom. The highest BCUT2D eigenvalue weighted by Crippen LogP contribution is 2.06. The van der Waals surface area contributed by atoms with Crippen LogP contribution in [0.2, 0.25) is 0 Å². The summed E-state index contributed by atoms with van der Waals surface area (Å²) in [6.07, 6.45) is 0. The van der Waals surface area contributed by atoms with E-state index in [1.54, 1.807) is 0 Å². The second-order valence-electron chi connectivity index (χ2n) is 0.950. The van der Waals surface area contributed by atoms with E-state index < -0.39 is 7.25 Å². The molecule has 56 valence electrons. The average molecular weight is 146 g/mol. The summed E-state index contributed by atoms with van der Waals surface area (Å²) in [6, 6.07) is 0. The van der Waals surface area contributed by atoms with E-state index in [4.69, 9.17) is 5.41 Å². The Labute approximate surface area is 48.6 Å². The molecule has 0 aliphatic heterocycles. The Morgan fingerprint density at radius 3 is 1.11 bits per heavy atom. The van der Waals surface area contributed by atoms with Gasteiger partial charge in [-0.15, -0.1) is 0 Å². The Morgan fingerprint density at radius 1 is 1.11 bits per heavy atom. The molecule has 0 fully saturated rings. The minimum Gasteiger partial charge on any atom is -0.418 e. The summed E-state index contributed by atoms with van der Waals surface area (Å²) < 4.78 is 39.0. The first-order valence-corrected chi connectivity index (χ1v) is 1.70. The number of halogens is 4. The molecule has 0 rings (SSSR count). The van der Waals surface area contributed by atoms with Crippen molar-refractivity contribution in [2.75, 3.05) is 0 Å². The van der Waals surface area contributed by atoms with Gasteiger partial charge in [-0.25, -0.2) is 0 Å². The Kier molecular flexibility index (Phi) is 4.84. The van der Waals surface area contributed by atoms with Crippen LogP contribution in [0.25, 0.3) is 0 Å². The lowest BCUT2D eigenvalue weighted by Crippen LogP contribution is -2.20. The molecule has 3 nitrogen and oxygen atoms in total. The zero-order valence-electron chi connectivity index (χ0n) is 4.24. The van der Waals surface area contributed by atoms with Crippen molar-refractivity contribution in [2.45, 2.75) is 0 Å². The molecule has 0 unspecified atom stereocenters. The van der Waals surface area contributed by atoms with Gasteiger partial charge in [0.2, 0.25) is 0 Å². The van der Waals surface area contributed by atoms with Gasteiger partial charge in [-0.1, -0.05) is 0 Å². The van der Waals surface area contributed by atoms with Crippen LogP contribution in [0.4, 0.5) is 17.3 Å². The highest BCUT2D eigenvalue weighted by Gasteiger charge is 2.20.